The smallest absolute Gasteiger partial charge is 0.238 e. The number of aromatic nitrogens is 4. The van der Waals surface area contributed by atoms with E-state index in [1.165, 1.54) is 25.7 Å². The van der Waals surface area contributed by atoms with E-state index >= 15 is 0 Å². The molecule has 2 aromatic heterocycles. The molecule has 0 aromatic carbocycles. The maximum atomic E-state index is 5.32. The molecule has 0 amide bonds. The second-order valence-electron chi connectivity index (χ2n) is 5.09. The number of rotatable bonds is 5. The predicted molar refractivity (Wildman–Crippen MR) is 70.4 cm³/mol. The van der Waals surface area contributed by atoms with Gasteiger partial charge in [-0.2, -0.15) is 4.98 Å². The van der Waals surface area contributed by atoms with Gasteiger partial charge in [-0.05, 0) is 25.8 Å². The summed E-state index contributed by atoms with van der Waals surface area (Å²) in [6.07, 6.45) is 9.49. The Morgan fingerprint density at radius 2 is 2.32 bits per heavy atom. The molecule has 0 spiro atoms. The Balaban J connectivity index is 1.68. The molecule has 2 N–H and O–H groups in total. The van der Waals surface area contributed by atoms with E-state index in [1.54, 1.807) is 12.4 Å². The Hall–Kier alpha value is -1.69. The third-order valence-corrected chi connectivity index (χ3v) is 3.91. The van der Waals surface area contributed by atoms with Crippen LogP contribution in [0.5, 0.6) is 0 Å². The molecule has 0 aliphatic heterocycles. The summed E-state index contributed by atoms with van der Waals surface area (Å²) in [6.45, 7) is 0. The summed E-state index contributed by atoms with van der Waals surface area (Å²) in [5.74, 6) is 2.58. The largest absolute Gasteiger partial charge is 0.342 e. The first-order valence-electron chi connectivity index (χ1n) is 6.86. The minimum absolute atomic E-state index is 0.424. The molecule has 2 aromatic rings. The first kappa shape index (κ1) is 12.3. The van der Waals surface area contributed by atoms with Crippen LogP contribution in [-0.2, 0) is 6.42 Å². The Kier molecular flexibility index (Phi) is 3.59. The first-order valence-corrected chi connectivity index (χ1v) is 6.86. The minimum atomic E-state index is 0.424. The van der Waals surface area contributed by atoms with Gasteiger partial charge in [0.15, 0.2) is 5.82 Å². The van der Waals surface area contributed by atoms with Crippen molar-refractivity contribution in [3.63, 3.8) is 0 Å². The summed E-state index contributed by atoms with van der Waals surface area (Å²) >= 11 is 0. The number of hydrogen-bond acceptors (Lipinski definition) is 5. The zero-order valence-electron chi connectivity index (χ0n) is 11.1. The molecule has 1 aliphatic rings. The summed E-state index contributed by atoms with van der Waals surface area (Å²) in [4.78, 5) is 11.5. The van der Waals surface area contributed by atoms with Crippen molar-refractivity contribution in [1.29, 1.82) is 0 Å². The third kappa shape index (κ3) is 2.68. The van der Waals surface area contributed by atoms with E-state index in [-0.39, 0.29) is 0 Å². The highest BCUT2D eigenvalue weighted by Crippen LogP contribution is 2.29. The Bertz CT molecular complexity index is 501. The zero-order valence-corrected chi connectivity index (χ0v) is 11.1. The lowest BCUT2D eigenvalue weighted by Gasteiger charge is -2.20. The number of aromatic amines is 1. The van der Waals surface area contributed by atoms with E-state index in [4.69, 9.17) is 4.52 Å². The van der Waals surface area contributed by atoms with E-state index in [2.05, 4.69) is 25.4 Å². The van der Waals surface area contributed by atoms with Gasteiger partial charge in [0.25, 0.3) is 0 Å². The molecule has 6 heteroatoms. The fourth-order valence-electron chi connectivity index (χ4n) is 2.87. The minimum Gasteiger partial charge on any atom is -0.342 e. The van der Waals surface area contributed by atoms with Gasteiger partial charge in [-0.1, -0.05) is 18.0 Å². The Labute approximate surface area is 112 Å². The topological polar surface area (TPSA) is 79.6 Å². The predicted octanol–water partition coefficient (Wildman–Crippen LogP) is 1.78. The third-order valence-electron chi connectivity index (χ3n) is 3.91. The van der Waals surface area contributed by atoms with Gasteiger partial charge >= 0.3 is 0 Å². The molecule has 6 nitrogen and oxygen atoms in total. The number of likely N-dealkylation sites (N-methyl/N-ethyl adjacent to an activating group) is 1. The van der Waals surface area contributed by atoms with Crippen LogP contribution in [-0.4, -0.2) is 33.2 Å². The van der Waals surface area contributed by atoms with Gasteiger partial charge in [-0.15, -0.1) is 0 Å². The summed E-state index contributed by atoms with van der Waals surface area (Å²) in [5.41, 5.74) is 0. The van der Waals surface area contributed by atoms with Gasteiger partial charge < -0.3 is 14.8 Å². The van der Waals surface area contributed by atoms with Gasteiger partial charge in [0, 0.05) is 24.9 Å². The first-order chi connectivity index (χ1) is 9.36. The van der Waals surface area contributed by atoms with Crippen molar-refractivity contribution in [3.05, 3.63) is 18.3 Å². The molecule has 1 atom stereocenters. The second kappa shape index (κ2) is 5.52. The molecule has 1 aliphatic carbocycles. The highest BCUT2D eigenvalue weighted by molar-refractivity contribution is 5.40. The number of H-pyrrole nitrogens is 1. The van der Waals surface area contributed by atoms with Gasteiger partial charge in [-0.3, -0.25) is 0 Å². The lowest BCUT2D eigenvalue weighted by Crippen LogP contribution is -2.34. The molecule has 1 unspecified atom stereocenters. The molecule has 19 heavy (non-hydrogen) atoms. The fraction of sp³-hybridized carbons (Fsp3) is 0.615. The maximum absolute atomic E-state index is 5.32. The van der Waals surface area contributed by atoms with Crippen LogP contribution in [0.3, 0.4) is 0 Å². The average Bonchev–Trinajstić information content (AvgIpc) is 3.15. The molecule has 0 bridgehead atoms. The van der Waals surface area contributed by atoms with Crippen LogP contribution >= 0.6 is 0 Å². The summed E-state index contributed by atoms with van der Waals surface area (Å²) < 4.78 is 5.32. The normalized spacial score (nSPS) is 17.9. The van der Waals surface area contributed by atoms with Crippen molar-refractivity contribution >= 4 is 0 Å². The number of imidazole rings is 1. The molecule has 0 radical (unpaired) electrons. The maximum Gasteiger partial charge on any atom is 0.238 e. The molecule has 1 saturated carbocycles. The average molecular weight is 261 g/mol. The van der Waals surface area contributed by atoms with Crippen molar-refractivity contribution in [2.24, 2.45) is 5.92 Å². The molecule has 102 valence electrons. The van der Waals surface area contributed by atoms with Crippen LogP contribution in [0, 0.1) is 5.92 Å². The van der Waals surface area contributed by atoms with Crippen LogP contribution < -0.4 is 5.32 Å². The molecule has 2 heterocycles. The SMILES string of the molecule is CNC(Cc1nc(-c2ncc[nH]2)no1)C1CCCC1. The fourth-order valence-corrected chi connectivity index (χ4v) is 2.87. The number of nitrogens with one attached hydrogen (secondary N) is 2. The lowest BCUT2D eigenvalue weighted by molar-refractivity contribution is 0.318. The van der Waals surface area contributed by atoms with E-state index < -0.39 is 0 Å². The summed E-state index contributed by atoms with van der Waals surface area (Å²) in [6, 6.07) is 0.424. The van der Waals surface area contributed by atoms with E-state index in [0.29, 0.717) is 23.6 Å². The molecular formula is C13H19N5O. The van der Waals surface area contributed by atoms with Crippen molar-refractivity contribution in [1.82, 2.24) is 25.4 Å². The molecular weight excluding hydrogens is 242 g/mol. The van der Waals surface area contributed by atoms with Crippen molar-refractivity contribution in [3.8, 4) is 11.6 Å². The molecule has 3 rings (SSSR count). The number of hydrogen-bond donors (Lipinski definition) is 2. The van der Waals surface area contributed by atoms with Crippen molar-refractivity contribution in [2.45, 2.75) is 38.1 Å². The highest BCUT2D eigenvalue weighted by Gasteiger charge is 2.25. The van der Waals surface area contributed by atoms with Crippen molar-refractivity contribution in [2.75, 3.05) is 7.05 Å². The van der Waals surface area contributed by atoms with Gasteiger partial charge in [0.05, 0.1) is 0 Å². The second-order valence-corrected chi connectivity index (χ2v) is 5.09. The Morgan fingerprint density at radius 3 is 3.00 bits per heavy atom. The van der Waals surface area contributed by atoms with Crippen LogP contribution in [0.1, 0.15) is 31.6 Å². The standard InChI is InChI=1S/C13H19N5O/c1-14-10(9-4-2-3-5-9)8-11-17-13(18-19-11)12-15-6-7-16-12/h6-7,9-10,14H,2-5,8H2,1H3,(H,15,16). The van der Waals surface area contributed by atoms with Crippen LogP contribution in [0.25, 0.3) is 11.6 Å². The highest BCUT2D eigenvalue weighted by atomic mass is 16.5. The van der Waals surface area contributed by atoms with E-state index in [9.17, 15) is 0 Å². The van der Waals surface area contributed by atoms with Crippen LogP contribution in [0.2, 0.25) is 0 Å². The monoisotopic (exact) mass is 261 g/mol. The lowest BCUT2D eigenvalue weighted by atomic mass is 9.95. The molecule has 0 saturated heterocycles. The summed E-state index contributed by atoms with van der Waals surface area (Å²) in [7, 11) is 2.01. The van der Waals surface area contributed by atoms with Crippen molar-refractivity contribution < 1.29 is 4.52 Å². The van der Waals surface area contributed by atoms with Gasteiger partial charge in [0.1, 0.15) is 0 Å². The van der Waals surface area contributed by atoms with Crippen LogP contribution in [0.15, 0.2) is 16.9 Å². The van der Waals surface area contributed by atoms with E-state index in [1.807, 2.05) is 7.05 Å². The zero-order chi connectivity index (χ0) is 13.1. The number of nitrogens with zero attached hydrogens (tertiary/aromatic N) is 3. The van der Waals surface area contributed by atoms with Crippen LogP contribution in [0.4, 0.5) is 0 Å². The molecule has 1 fully saturated rings. The quantitative estimate of drug-likeness (QED) is 0.857. The Morgan fingerprint density at radius 1 is 1.47 bits per heavy atom. The van der Waals surface area contributed by atoms with E-state index in [0.717, 1.165) is 12.3 Å². The summed E-state index contributed by atoms with van der Waals surface area (Å²) in [5, 5.41) is 7.35. The van der Waals surface area contributed by atoms with Gasteiger partial charge in [0.2, 0.25) is 11.7 Å². The van der Waals surface area contributed by atoms with Gasteiger partial charge in [-0.25, -0.2) is 4.98 Å².